The molecule has 2 aromatic carbocycles. The van der Waals surface area contributed by atoms with E-state index in [9.17, 15) is 24.0 Å². The van der Waals surface area contributed by atoms with Crippen LogP contribution in [0.25, 0.3) is 11.3 Å². The lowest BCUT2D eigenvalue weighted by Gasteiger charge is -2.44. The summed E-state index contributed by atoms with van der Waals surface area (Å²) >= 11 is 0. The van der Waals surface area contributed by atoms with Gasteiger partial charge >= 0.3 is 0 Å². The number of piperidine rings is 2. The minimum Gasteiger partial charge on any atom is -0.371 e. The number of aryl methyl sites for hydroxylation is 1. The quantitative estimate of drug-likeness (QED) is 0.162. The van der Waals surface area contributed by atoms with Crippen LogP contribution in [-0.2, 0) is 21.7 Å². The molecule has 0 aliphatic carbocycles. The molecule has 18 heteroatoms. The fourth-order valence-corrected chi connectivity index (χ4v) is 8.61. The fourth-order valence-electron chi connectivity index (χ4n) is 8.61. The molecule has 1 unspecified atom stereocenters. The number of carbonyl (C=O) groups is 5. The average Bonchev–Trinajstić information content (AvgIpc) is 3.98. The Morgan fingerprint density at radius 3 is 2.47 bits per heavy atom. The van der Waals surface area contributed by atoms with E-state index in [1.807, 2.05) is 62.8 Å². The van der Waals surface area contributed by atoms with Gasteiger partial charge in [0, 0.05) is 75.3 Å². The van der Waals surface area contributed by atoms with Crippen molar-refractivity contribution >= 4 is 46.9 Å². The first kappa shape index (κ1) is 40.6. The Kier molecular flexibility index (Phi) is 10.6. The number of hydrogen-bond acceptors (Lipinski definition) is 13. The van der Waals surface area contributed by atoms with Crippen molar-refractivity contribution in [3.05, 3.63) is 95.2 Å². The molecule has 3 aromatic heterocycles. The second-order valence-corrected chi connectivity index (χ2v) is 17.6. The van der Waals surface area contributed by atoms with Crippen molar-refractivity contribution in [3.63, 3.8) is 0 Å². The summed E-state index contributed by atoms with van der Waals surface area (Å²) in [7, 11) is 0. The molecule has 5 amide bonds. The summed E-state index contributed by atoms with van der Waals surface area (Å²) < 4.78 is 3.71. The highest BCUT2D eigenvalue weighted by Gasteiger charge is 2.45. The van der Waals surface area contributed by atoms with Crippen molar-refractivity contribution in [2.75, 3.05) is 42.9 Å². The molecule has 3 fully saturated rings. The van der Waals surface area contributed by atoms with Crippen LogP contribution >= 0.6 is 0 Å². The van der Waals surface area contributed by atoms with Gasteiger partial charge in [-0.05, 0) is 88.4 Å². The van der Waals surface area contributed by atoms with Crippen molar-refractivity contribution in [2.24, 2.45) is 5.92 Å². The largest absolute Gasteiger partial charge is 0.371 e. The van der Waals surface area contributed by atoms with Gasteiger partial charge in [-0.1, -0.05) is 17.3 Å². The summed E-state index contributed by atoms with van der Waals surface area (Å²) in [6.45, 7) is 13.0. The monoisotopic (exact) mass is 839 g/mol. The number of hydrogen-bond donors (Lipinski definition) is 3. The van der Waals surface area contributed by atoms with Gasteiger partial charge in [0.2, 0.25) is 17.8 Å². The molecule has 5 aromatic rings. The maximum Gasteiger partial charge on any atom is 0.273 e. The zero-order chi connectivity index (χ0) is 43.3. The third kappa shape index (κ3) is 8.16. The lowest BCUT2D eigenvalue weighted by Crippen LogP contribution is -2.54. The number of amides is 5. The van der Waals surface area contributed by atoms with Crippen LogP contribution in [0.5, 0.6) is 0 Å². The van der Waals surface area contributed by atoms with E-state index >= 15 is 0 Å². The Balaban J connectivity index is 0.732. The molecular weight excluding hydrogens is 791 g/mol. The van der Waals surface area contributed by atoms with Gasteiger partial charge in [0.15, 0.2) is 5.69 Å². The van der Waals surface area contributed by atoms with Gasteiger partial charge < -0.3 is 20.4 Å². The van der Waals surface area contributed by atoms with E-state index < -0.39 is 29.7 Å². The van der Waals surface area contributed by atoms with Crippen molar-refractivity contribution in [2.45, 2.75) is 77.5 Å². The number of aromatic nitrogens is 7. The second kappa shape index (κ2) is 16.2. The molecule has 1 atom stereocenters. The number of rotatable bonds is 11. The second-order valence-electron chi connectivity index (χ2n) is 17.6. The first-order chi connectivity index (χ1) is 29.8. The van der Waals surface area contributed by atoms with E-state index in [0.717, 1.165) is 84.2 Å². The lowest BCUT2D eigenvalue weighted by molar-refractivity contribution is -0.136. The zero-order valence-corrected chi connectivity index (χ0v) is 35.2. The highest BCUT2D eigenvalue weighted by molar-refractivity contribution is 6.23. The molecule has 62 heavy (non-hydrogen) atoms. The van der Waals surface area contributed by atoms with E-state index in [1.54, 1.807) is 35.4 Å². The summed E-state index contributed by atoms with van der Waals surface area (Å²) in [5, 5.41) is 21.3. The minimum absolute atomic E-state index is 0.0901. The topological polar surface area (TPSA) is 205 Å². The van der Waals surface area contributed by atoms with E-state index in [-0.39, 0.29) is 36.0 Å². The molecule has 4 aliphatic heterocycles. The summed E-state index contributed by atoms with van der Waals surface area (Å²) in [6.07, 6.45) is 9.38. The van der Waals surface area contributed by atoms with Crippen LogP contribution in [-0.4, -0.2) is 113 Å². The Labute approximate surface area is 358 Å². The smallest absolute Gasteiger partial charge is 0.273 e. The van der Waals surface area contributed by atoms with E-state index in [2.05, 4.69) is 52.2 Å². The van der Waals surface area contributed by atoms with Crippen molar-refractivity contribution in [1.29, 1.82) is 0 Å². The van der Waals surface area contributed by atoms with Crippen LogP contribution in [0, 0.1) is 12.8 Å². The molecule has 0 saturated carbocycles. The van der Waals surface area contributed by atoms with Crippen LogP contribution in [0.3, 0.4) is 0 Å². The lowest BCUT2D eigenvalue weighted by atomic mass is 9.95. The van der Waals surface area contributed by atoms with Crippen LogP contribution in [0.2, 0.25) is 0 Å². The van der Waals surface area contributed by atoms with E-state index in [1.165, 1.54) is 0 Å². The van der Waals surface area contributed by atoms with Crippen molar-refractivity contribution in [3.8, 4) is 11.3 Å². The molecule has 0 spiro atoms. The normalized spacial score (nSPS) is 18.8. The maximum atomic E-state index is 13.3. The molecule has 0 radical (unpaired) electrons. The number of nitrogens with one attached hydrogen (secondary N) is 3. The van der Waals surface area contributed by atoms with Gasteiger partial charge in [0.25, 0.3) is 17.7 Å². The van der Waals surface area contributed by atoms with Gasteiger partial charge in [-0.2, -0.15) is 5.10 Å². The van der Waals surface area contributed by atoms with Crippen molar-refractivity contribution in [1.82, 2.24) is 55.2 Å². The maximum absolute atomic E-state index is 13.3. The molecule has 4 aliphatic rings. The van der Waals surface area contributed by atoms with E-state index in [4.69, 9.17) is 4.98 Å². The predicted molar refractivity (Wildman–Crippen MR) is 227 cm³/mol. The molecule has 320 valence electrons. The number of imide groups is 2. The highest BCUT2D eigenvalue weighted by Crippen LogP contribution is 2.34. The Bertz CT molecular complexity index is 2580. The molecule has 9 rings (SSSR count). The molecule has 0 bridgehead atoms. The van der Waals surface area contributed by atoms with Gasteiger partial charge in [-0.3, -0.25) is 38.9 Å². The Morgan fingerprint density at radius 1 is 0.935 bits per heavy atom. The number of fused-ring (bicyclic) bond motifs is 1. The number of likely N-dealkylation sites (tertiary alicyclic amines) is 1. The molecule has 3 saturated heterocycles. The Hall–Kier alpha value is -6.82. The minimum atomic E-state index is -0.974. The standard InChI is InChI=1S/C44H49N13O5/c1-26-17-28(5-6-29(26)19-46-39(59)36-25-56(52-51-36)44(2,3)4)35-11-14-45-43(49-35)48-30-20-47-55(24-30)31-12-15-53(16-13-31)21-27-22-54(23-27)32-7-8-33-34(18-32)42(62)57(41(33)61)37-9-10-38(58)50-40(37)60/h5-8,11,14,17-18,20,24-25,27,31,37H,9-10,12-13,15-16,19,21-23H2,1-4H3,(H,46,59)(H,45,48,49)(H,50,58,60). The predicted octanol–water partition coefficient (Wildman–Crippen LogP) is 3.84. The number of benzene rings is 2. The summed E-state index contributed by atoms with van der Waals surface area (Å²) in [4.78, 5) is 78.1. The zero-order valence-electron chi connectivity index (χ0n) is 35.2. The van der Waals surface area contributed by atoms with Gasteiger partial charge in [-0.25, -0.2) is 14.6 Å². The fraction of sp³-hybridized carbons (Fsp3) is 0.409. The highest BCUT2D eigenvalue weighted by atomic mass is 16.2. The number of carbonyl (C=O) groups excluding carboxylic acids is 5. The van der Waals surface area contributed by atoms with Crippen LogP contribution in [0.15, 0.2) is 67.3 Å². The number of nitrogens with zero attached hydrogens (tertiary/aromatic N) is 10. The third-order valence-corrected chi connectivity index (χ3v) is 12.2. The summed E-state index contributed by atoms with van der Waals surface area (Å²) in [6, 6.07) is 12.5. The molecular formula is C44H49N13O5. The van der Waals surface area contributed by atoms with Crippen LogP contribution in [0.4, 0.5) is 17.3 Å². The van der Waals surface area contributed by atoms with Crippen molar-refractivity contribution < 1.29 is 24.0 Å². The van der Waals surface area contributed by atoms with E-state index in [0.29, 0.717) is 29.5 Å². The SMILES string of the molecule is Cc1cc(-c2ccnc(Nc3cnn(C4CCN(CC5CN(c6ccc7c(c6)C(=O)N(C6CCC(=O)NC6=O)C7=O)C5)CC4)c3)n2)ccc1CNC(=O)c1cn(C(C)(C)C)nn1. The first-order valence-corrected chi connectivity index (χ1v) is 21.1. The molecule has 18 nitrogen and oxygen atoms in total. The van der Waals surface area contributed by atoms with Gasteiger partial charge in [-0.15, -0.1) is 5.10 Å². The Morgan fingerprint density at radius 2 is 1.73 bits per heavy atom. The van der Waals surface area contributed by atoms with Gasteiger partial charge in [0.1, 0.15) is 6.04 Å². The summed E-state index contributed by atoms with van der Waals surface area (Å²) in [5.41, 5.74) is 6.02. The van der Waals surface area contributed by atoms with Crippen LogP contribution in [0.1, 0.15) is 94.8 Å². The third-order valence-electron chi connectivity index (χ3n) is 12.2. The van der Waals surface area contributed by atoms with Gasteiger partial charge in [0.05, 0.1) is 46.5 Å². The number of anilines is 3. The van der Waals surface area contributed by atoms with Crippen LogP contribution < -0.4 is 20.9 Å². The molecule has 3 N–H and O–H groups in total. The average molecular weight is 840 g/mol. The first-order valence-electron chi connectivity index (χ1n) is 21.1. The molecule has 7 heterocycles. The summed E-state index contributed by atoms with van der Waals surface area (Å²) in [5.74, 6) is -1.30.